The lowest BCUT2D eigenvalue weighted by Crippen LogP contribution is -2.47. The van der Waals surface area contributed by atoms with E-state index < -0.39 is 0 Å². The summed E-state index contributed by atoms with van der Waals surface area (Å²) < 4.78 is 12.4. The van der Waals surface area contributed by atoms with Gasteiger partial charge in [-0.1, -0.05) is 149 Å². The smallest absolute Gasteiger partial charge is 0.306 e. The molecule has 1 N–H and O–H groups in total. The molecule has 0 aromatic heterocycles. The Morgan fingerprint density at radius 3 is 1.29 bits per heavy atom. The number of likely N-dealkylation sites (N-methyl/N-ethyl adjacent to an activating group) is 1. The average molecular weight is 725 g/mol. The highest BCUT2D eigenvalue weighted by Gasteiger charge is 2.20. The Morgan fingerprint density at radius 1 is 0.471 bits per heavy atom. The quantitative estimate of drug-likeness (QED) is 0.0386. The van der Waals surface area contributed by atoms with E-state index in [0.29, 0.717) is 19.4 Å². The van der Waals surface area contributed by atoms with E-state index in [2.05, 4.69) is 27.8 Å². The summed E-state index contributed by atoms with van der Waals surface area (Å²) in [6.07, 6.45) is 38.4. The Balaban J connectivity index is 4.06. The van der Waals surface area contributed by atoms with Crippen molar-refractivity contribution < 1.29 is 28.7 Å². The van der Waals surface area contributed by atoms with Gasteiger partial charge in [-0.05, 0) is 70.6 Å². The molecule has 6 heteroatoms. The van der Waals surface area contributed by atoms with Crippen molar-refractivity contribution in [2.24, 2.45) is 0 Å². The van der Waals surface area contributed by atoms with Crippen LogP contribution in [0.5, 0.6) is 0 Å². The molecule has 0 aromatic rings. The number of aliphatic hydroxyl groups is 1. The summed E-state index contributed by atoms with van der Waals surface area (Å²) in [5, 5.41) is 9.73. The minimum atomic E-state index is -0.0284. The molecule has 0 saturated heterocycles. The normalized spacial score (nSPS) is 12.7. The van der Waals surface area contributed by atoms with Crippen LogP contribution in [0.4, 0.5) is 0 Å². The molecule has 1 atom stereocenters. The summed E-state index contributed by atoms with van der Waals surface area (Å²) in [7, 11) is 2.29. The second kappa shape index (κ2) is 38.6. The summed E-state index contributed by atoms with van der Waals surface area (Å²) in [6.45, 7) is 10.6. The maximum Gasteiger partial charge on any atom is 0.306 e. The van der Waals surface area contributed by atoms with Gasteiger partial charge >= 0.3 is 11.9 Å². The van der Waals surface area contributed by atoms with Crippen molar-refractivity contribution in [1.82, 2.24) is 0 Å². The van der Waals surface area contributed by atoms with E-state index in [9.17, 15) is 14.7 Å². The molecule has 0 aliphatic rings. The van der Waals surface area contributed by atoms with Crippen molar-refractivity contribution in [3.05, 3.63) is 0 Å². The highest BCUT2D eigenvalue weighted by atomic mass is 16.5. The fourth-order valence-electron chi connectivity index (χ4n) is 7.29. The van der Waals surface area contributed by atoms with Crippen molar-refractivity contribution in [1.29, 1.82) is 0 Å². The van der Waals surface area contributed by atoms with Gasteiger partial charge < -0.3 is 19.1 Å². The van der Waals surface area contributed by atoms with Crippen molar-refractivity contribution in [2.45, 2.75) is 239 Å². The van der Waals surface area contributed by atoms with E-state index in [1.165, 1.54) is 141 Å². The van der Waals surface area contributed by atoms with Crippen LogP contribution in [0.3, 0.4) is 0 Å². The minimum absolute atomic E-state index is 0.0166. The predicted molar refractivity (Wildman–Crippen MR) is 218 cm³/mol. The van der Waals surface area contributed by atoms with Gasteiger partial charge in [0.05, 0.1) is 33.4 Å². The van der Waals surface area contributed by atoms with Gasteiger partial charge in [0.15, 0.2) is 0 Å². The van der Waals surface area contributed by atoms with Crippen molar-refractivity contribution in [3.63, 3.8) is 0 Å². The lowest BCUT2D eigenvalue weighted by Gasteiger charge is -2.34. The van der Waals surface area contributed by atoms with Gasteiger partial charge in [0, 0.05) is 12.8 Å². The summed E-state index contributed by atoms with van der Waals surface area (Å²) in [5.41, 5.74) is 0. The second-order valence-electron chi connectivity index (χ2n) is 16.1. The molecule has 304 valence electrons. The summed E-state index contributed by atoms with van der Waals surface area (Å²) >= 11 is 0. The zero-order valence-electron chi connectivity index (χ0n) is 35.0. The van der Waals surface area contributed by atoms with Crippen LogP contribution in [0.1, 0.15) is 233 Å². The SMILES string of the molecule is CCCCCCCCCOC(=O)CCCCCCC[N+](C)(CCO)CCCCCCCC(=O)OC(CCCCCCCC)CCCCCCCC. The van der Waals surface area contributed by atoms with E-state index in [4.69, 9.17) is 9.47 Å². The van der Waals surface area contributed by atoms with E-state index in [1.807, 2.05) is 0 Å². The van der Waals surface area contributed by atoms with Crippen molar-refractivity contribution in [3.8, 4) is 0 Å². The van der Waals surface area contributed by atoms with Crippen LogP contribution in [0.25, 0.3) is 0 Å². The van der Waals surface area contributed by atoms with Crippen LogP contribution < -0.4 is 0 Å². The number of aliphatic hydroxyl groups excluding tert-OH is 1. The molecule has 0 rings (SSSR count). The zero-order chi connectivity index (χ0) is 37.5. The molecule has 51 heavy (non-hydrogen) atoms. The third-order valence-corrected chi connectivity index (χ3v) is 10.9. The second-order valence-corrected chi connectivity index (χ2v) is 16.1. The Hall–Kier alpha value is -1.14. The molecule has 0 bridgehead atoms. The molecule has 0 saturated carbocycles. The maximum absolute atomic E-state index is 12.7. The highest BCUT2D eigenvalue weighted by Crippen LogP contribution is 2.19. The fourth-order valence-corrected chi connectivity index (χ4v) is 7.29. The maximum atomic E-state index is 12.7. The molecular formula is C45H90NO5+. The number of esters is 2. The molecular weight excluding hydrogens is 634 g/mol. The van der Waals surface area contributed by atoms with E-state index >= 15 is 0 Å². The molecule has 1 unspecified atom stereocenters. The number of carbonyl (C=O) groups excluding carboxylic acids is 2. The Kier molecular flexibility index (Phi) is 37.7. The van der Waals surface area contributed by atoms with E-state index in [-0.39, 0.29) is 24.6 Å². The number of hydrogen-bond acceptors (Lipinski definition) is 5. The molecule has 0 aliphatic heterocycles. The lowest BCUT2D eigenvalue weighted by molar-refractivity contribution is -0.910. The van der Waals surface area contributed by atoms with Gasteiger partial charge in [-0.3, -0.25) is 9.59 Å². The topological polar surface area (TPSA) is 72.8 Å². The molecule has 0 aliphatic carbocycles. The van der Waals surface area contributed by atoms with Crippen LogP contribution in [-0.2, 0) is 19.1 Å². The first-order valence-corrected chi connectivity index (χ1v) is 22.7. The first-order valence-electron chi connectivity index (χ1n) is 22.7. The van der Waals surface area contributed by atoms with Gasteiger partial charge in [-0.15, -0.1) is 0 Å². The highest BCUT2D eigenvalue weighted by molar-refractivity contribution is 5.69. The number of nitrogens with zero attached hydrogens (tertiary/aromatic N) is 1. The fraction of sp³-hybridized carbons (Fsp3) is 0.956. The van der Waals surface area contributed by atoms with Crippen LogP contribution in [0, 0.1) is 0 Å². The van der Waals surface area contributed by atoms with E-state index in [0.717, 1.165) is 81.9 Å². The molecule has 0 amide bonds. The monoisotopic (exact) mass is 725 g/mol. The predicted octanol–water partition coefficient (Wildman–Crippen LogP) is 12.8. The first kappa shape index (κ1) is 49.9. The van der Waals surface area contributed by atoms with Crippen LogP contribution in [0.2, 0.25) is 0 Å². The summed E-state index contributed by atoms with van der Waals surface area (Å²) in [5.74, 6) is -0.0118. The number of quaternary nitrogens is 1. The molecule has 0 fully saturated rings. The number of carbonyl (C=O) groups is 2. The molecule has 0 heterocycles. The Labute approximate surface area is 318 Å². The third-order valence-electron chi connectivity index (χ3n) is 10.9. The van der Waals surface area contributed by atoms with Crippen molar-refractivity contribution >= 4 is 11.9 Å². The molecule has 0 spiro atoms. The van der Waals surface area contributed by atoms with E-state index in [1.54, 1.807) is 0 Å². The number of rotatable bonds is 41. The molecule has 0 aromatic carbocycles. The van der Waals surface area contributed by atoms with Crippen molar-refractivity contribution in [2.75, 3.05) is 39.9 Å². The summed E-state index contributed by atoms with van der Waals surface area (Å²) in [4.78, 5) is 24.7. The van der Waals surface area contributed by atoms with Gasteiger partial charge in [0.25, 0.3) is 0 Å². The number of hydrogen-bond donors (Lipinski definition) is 1. The third kappa shape index (κ3) is 35.6. The standard InChI is InChI=1S/C45H90NO5/c1-5-8-11-14-17-26-33-42-50-44(48)36-29-22-18-24-31-38-46(4,40-41-47)39-32-25-19-23-30-37-45(49)51-43(34-27-20-15-12-9-6-2)35-28-21-16-13-10-7-3/h43,47H,5-42H2,1-4H3/q+1. The summed E-state index contributed by atoms with van der Waals surface area (Å²) in [6, 6.07) is 0. The average Bonchev–Trinajstić information content (AvgIpc) is 3.11. The zero-order valence-corrected chi connectivity index (χ0v) is 35.0. The van der Waals surface area contributed by atoms with Gasteiger partial charge in [-0.25, -0.2) is 0 Å². The van der Waals surface area contributed by atoms with Gasteiger partial charge in [-0.2, -0.15) is 0 Å². The Morgan fingerprint density at radius 2 is 0.843 bits per heavy atom. The Bertz CT molecular complexity index is 730. The number of ether oxygens (including phenoxy) is 2. The lowest BCUT2D eigenvalue weighted by atomic mass is 10.0. The minimum Gasteiger partial charge on any atom is -0.466 e. The molecule has 0 radical (unpaired) electrons. The van der Waals surface area contributed by atoms with Crippen LogP contribution >= 0.6 is 0 Å². The largest absolute Gasteiger partial charge is 0.466 e. The molecule has 6 nitrogen and oxygen atoms in total. The van der Waals surface area contributed by atoms with Gasteiger partial charge in [0.1, 0.15) is 12.6 Å². The number of unbranched alkanes of at least 4 members (excludes halogenated alkanes) is 24. The van der Waals surface area contributed by atoms with Gasteiger partial charge in [0.2, 0.25) is 0 Å². The van der Waals surface area contributed by atoms with Crippen LogP contribution in [-0.4, -0.2) is 67.5 Å². The van der Waals surface area contributed by atoms with Crippen LogP contribution in [0.15, 0.2) is 0 Å². The first-order chi connectivity index (χ1) is 24.9.